The topological polar surface area (TPSA) is 33.1 Å². The average molecular weight is 250 g/mol. The minimum absolute atomic E-state index is 0.193. The molecule has 2 nitrogen and oxygen atoms in total. The first-order valence-electron chi connectivity index (χ1n) is 3.91. The van der Waals surface area contributed by atoms with Crippen molar-refractivity contribution >= 4 is 27.3 Å². The van der Waals surface area contributed by atoms with E-state index in [4.69, 9.17) is 5.11 Å². The van der Waals surface area contributed by atoms with Gasteiger partial charge in [0.1, 0.15) is 4.60 Å². The first kappa shape index (κ1) is 10.2. The minimum atomic E-state index is 0.193. The molecule has 0 fully saturated rings. The number of aromatic nitrogens is 1. The molecule has 0 aliphatic rings. The Morgan fingerprint density at radius 3 is 2.67 bits per heavy atom. The molecule has 0 aliphatic heterocycles. The van der Waals surface area contributed by atoms with Crippen LogP contribution >= 0.6 is 27.3 Å². The Hall–Kier alpha value is 0.0700. The van der Waals surface area contributed by atoms with Crippen LogP contribution in [0.25, 0.3) is 0 Å². The molecule has 0 aromatic carbocycles. The van der Waals surface area contributed by atoms with Crippen molar-refractivity contribution in [1.82, 2.24) is 4.98 Å². The number of thiazole rings is 1. The van der Waals surface area contributed by atoms with Gasteiger partial charge in [-0.1, -0.05) is 13.8 Å². The van der Waals surface area contributed by atoms with E-state index in [0.717, 1.165) is 14.5 Å². The lowest BCUT2D eigenvalue weighted by Gasteiger charge is -1.95. The Bertz CT molecular complexity index is 260. The van der Waals surface area contributed by atoms with Gasteiger partial charge in [-0.15, -0.1) is 11.3 Å². The molecule has 0 aliphatic carbocycles. The number of nitrogens with zero attached hydrogens (tertiary/aromatic N) is 1. The lowest BCUT2D eigenvalue weighted by Crippen LogP contribution is -1.86. The van der Waals surface area contributed by atoms with Crippen LogP contribution in [0.15, 0.2) is 4.60 Å². The summed E-state index contributed by atoms with van der Waals surface area (Å²) in [5.41, 5.74) is 0. The van der Waals surface area contributed by atoms with Crippen molar-refractivity contribution in [2.75, 3.05) is 6.61 Å². The van der Waals surface area contributed by atoms with E-state index in [1.807, 2.05) is 0 Å². The lowest BCUT2D eigenvalue weighted by atomic mass is 10.2. The standard InChI is InChI=1S/C8H12BrNOS/c1-5(2)8-10-7(9)6(12-8)3-4-11/h5,11H,3-4H2,1-2H3. The fraction of sp³-hybridized carbons (Fsp3) is 0.625. The quantitative estimate of drug-likeness (QED) is 0.894. The smallest absolute Gasteiger partial charge is 0.120 e. The summed E-state index contributed by atoms with van der Waals surface area (Å²) in [5.74, 6) is 0.471. The highest BCUT2D eigenvalue weighted by molar-refractivity contribution is 9.10. The minimum Gasteiger partial charge on any atom is -0.396 e. The first-order valence-corrected chi connectivity index (χ1v) is 5.52. The molecule has 1 N–H and O–H groups in total. The van der Waals surface area contributed by atoms with Crippen LogP contribution in [0.4, 0.5) is 0 Å². The van der Waals surface area contributed by atoms with Gasteiger partial charge in [0.05, 0.1) is 5.01 Å². The van der Waals surface area contributed by atoms with Gasteiger partial charge in [0, 0.05) is 23.8 Å². The molecule has 0 atom stereocenters. The van der Waals surface area contributed by atoms with Crippen LogP contribution in [0.3, 0.4) is 0 Å². The van der Waals surface area contributed by atoms with Gasteiger partial charge in [0.15, 0.2) is 0 Å². The number of aliphatic hydroxyl groups is 1. The summed E-state index contributed by atoms with van der Waals surface area (Å²) in [5, 5.41) is 9.88. The molecule has 0 amide bonds. The van der Waals surface area contributed by atoms with Gasteiger partial charge >= 0.3 is 0 Å². The van der Waals surface area contributed by atoms with Gasteiger partial charge in [-0.25, -0.2) is 4.98 Å². The Kier molecular flexibility index (Phi) is 3.68. The maximum atomic E-state index is 8.75. The van der Waals surface area contributed by atoms with Gasteiger partial charge in [-0.2, -0.15) is 0 Å². The van der Waals surface area contributed by atoms with Crippen LogP contribution in [0.2, 0.25) is 0 Å². The van der Waals surface area contributed by atoms with E-state index in [2.05, 4.69) is 34.8 Å². The third-order valence-corrected chi connectivity index (χ3v) is 3.83. The van der Waals surface area contributed by atoms with Crippen LogP contribution in [-0.4, -0.2) is 16.7 Å². The average Bonchev–Trinajstić information content (AvgIpc) is 2.34. The Morgan fingerprint density at radius 1 is 1.58 bits per heavy atom. The summed E-state index contributed by atoms with van der Waals surface area (Å²) in [4.78, 5) is 5.49. The van der Waals surface area contributed by atoms with Crippen molar-refractivity contribution < 1.29 is 5.11 Å². The fourth-order valence-electron chi connectivity index (χ4n) is 0.853. The zero-order valence-corrected chi connectivity index (χ0v) is 9.57. The molecule has 1 rings (SSSR count). The second-order valence-electron chi connectivity index (χ2n) is 2.89. The Labute approximate surface area is 84.8 Å². The highest BCUT2D eigenvalue weighted by atomic mass is 79.9. The molecule has 0 spiro atoms. The number of hydrogen-bond acceptors (Lipinski definition) is 3. The molecule has 0 saturated heterocycles. The molecule has 1 aromatic rings. The van der Waals surface area contributed by atoms with Crippen molar-refractivity contribution in [3.8, 4) is 0 Å². The zero-order valence-electron chi connectivity index (χ0n) is 7.17. The molecule has 1 aromatic heterocycles. The molecule has 0 radical (unpaired) electrons. The maximum absolute atomic E-state index is 8.75. The van der Waals surface area contributed by atoms with Gasteiger partial charge in [-0.3, -0.25) is 0 Å². The van der Waals surface area contributed by atoms with Crippen LogP contribution in [0, 0.1) is 0 Å². The third kappa shape index (κ3) is 2.28. The van der Waals surface area contributed by atoms with Crippen LogP contribution in [0.1, 0.15) is 29.7 Å². The second kappa shape index (κ2) is 4.35. The Balaban J connectivity index is 2.85. The van der Waals surface area contributed by atoms with E-state index in [1.165, 1.54) is 0 Å². The van der Waals surface area contributed by atoms with E-state index < -0.39 is 0 Å². The summed E-state index contributed by atoms with van der Waals surface area (Å²) >= 11 is 5.05. The fourth-order valence-corrected chi connectivity index (χ4v) is 2.55. The SMILES string of the molecule is CC(C)c1nc(Br)c(CCO)s1. The summed E-state index contributed by atoms with van der Waals surface area (Å²) in [6.45, 7) is 4.43. The van der Waals surface area contributed by atoms with Gasteiger partial charge in [-0.05, 0) is 15.9 Å². The molecule has 4 heteroatoms. The zero-order chi connectivity index (χ0) is 9.14. The van der Waals surface area contributed by atoms with Crippen LogP contribution in [0.5, 0.6) is 0 Å². The van der Waals surface area contributed by atoms with Crippen LogP contribution < -0.4 is 0 Å². The molecular weight excluding hydrogens is 238 g/mol. The molecule has 68 valence electrons. The maximum Gasteiger partial charge on any atom is 0.120 e. The van der Waals surface area contributed by atoms with E-state index in [9.17, 15) is 0 Å². The first-order chi connectivity index (χ1) is 5.65. The van der Waals surface area contributed by atoms with E-state index >= 15 is 0 Å². The van der Waals surface area contributed by atoms with Crippen molar-refractivity contribution in [3.63, 3.8) is 0 Å². The molecular formula is C8H12BrNOS. The molecule has 1 heterocycles. The highest BCUT2D eigenvalue weighted by Crippen LogP contribution is 2.28. The third-order valence-electron chi connectivity index (χ3n) is 1.50. The summed E-state index contributed by atoms with van der Waals surface area (Å²) in [6.07, 6.45) is 0.699. The van der Waals surface area contributed by atoms with E-state index in [-0.39, 0.29) is 6.61 Å². The number of rotatable bonds is 3. The Morgan fingerprint density at radius 2 is 2.25 bits per heavy atom. The van der Waals surface area contributed by atoms with Crippen molar-refractivity contribution in [2.45, 2.75) is 26.2 Å². The highest BCUT2D eigenvalue weighted by Gasteiger charge is 2.10. The number of aliphatic hydroxyl groups excluding tert-OH is 1. The molecule has 0 saturated carbocycles. The van der Waals surface area contributed by atoms with Crippen molar-refractivity contribution in [1.29, 1.82) is 0 Å². The summed E-state index contributed by atoms with van der Waals surface area (Å²) < 4.78 is 0.894. The predicted molar refractivity (Wildman–Crippen MR) is 54.7 cm³/mol. The van der Waals surface area contributed by atoms with Crippen LogP contribution in [-0.2, 0) is 6.42 Å². The summed E-state index contributed by atoms with van der Waals surface area (Å²) in [6, 6.07) is 0. The largest absolute Gasteiger partial charge is 0.396 e. The van der Waals surface area contributed by atoms with Gasteiger partial charge in [0.25, 0.3) is 0 Å². The van der Waals surface area contributed by atoms with Crippen molar-refractivity contribution in [2.24, 2.45) is 0 Å². The van der Waals surface area contributed by atoms with Gasteiger partial charge in [0.2, 0.25) is 0 Å². The monoisotopic (exact) mass is 249 g/mol. The van der Waals surface area contributed by atoms with E-state index in [1.54, 1.807) is 11.3 Å². The molecule has 0 bridgehead atoms. The van der Waals surface area contributed by atoms with E-state index in [0.29, 0.717) is 12.3 Å². The molecule has 0 unspecified atom stereocenters. The molecule has 12 heavy (non-hydrogen) atoms. The summed E-state index contributed by atoms with van der Waals surface area (Å²) in [7, 11) is 0. The lowest BCUT2D eigenvalue weighted by molar-refractivity contribution is 0.300. The second-order valence-corrected chi connectivity index (χ2v) is 4.76. The van der Waals surface area contributed by atoms with Gasteiger partial charge < -0.3 is 5.11 Å². The van der Waals surface area contributed by atoms with Crippen molar-refractivity contribution in [3.05, 3.63) is 14.5 Å². The number of hydrogen-bond donors (Lipinski definition) is 1. The predicted octanol–water partition coefficient (Wildman–Crippen LogP) is 2.56. The number of halogens is 1. The normalized spacial score (nSPS) is 11.1.